The van der Waals surface area contributed by atoms with E-state index in [4.69, 9.17) is 4.74 Å². The highest BCUT2D eigenvalue weighted by atomic mass is 16.5. The lowest BCUT2D eigenvalue weighted by Crippen LogP contribution is -2.45. The zero-order valence-electron chi connectivity index (χ0n) is 42.8. The third-order valence-corrected chi connectivity index (χ3v) is 12.9. The van der Waals surface area contributed by atoms with Gasteiger partial charge in [-0.2, -0.15) is 0 Å². The lowest BCUT2D eigenvalue weighted by Gasteiger charge is -2.20. The minimum absolute atomic E-state index is 0.0102. The molecule has 0 aromatic heterocycles. The number of hydrogen-bond acceptors (Lipinski definition) is 5. The molecule has 0 fully saturated rings. The highest BCUT2D eigenvalue weighted by Gasteiger charge is 2.18. The normalized spacial score (nSPS) is 12.9. The summed E-state index contributed by atoms with van der Waals surface area (Å²) < 4.78 is 5.46. The van der Waals surface area contributed by atoms with Crippen molar-refractivity contribution in [1.29, 1.82) is 0 Å². The van der Waals surface area contributed by atoms with Crippen LogP contribution >= 0.6 is 0 Å². The Hall–Kier alpha value is -1.92. The van der Waals surface area contributed by atoms with E-state index in [1.165, 1.54) is 193 Å². The number of ether oxygens (including phenoxy) is 1. The monoisotopic (exact) mass is 900 g/mol. The van der Waals surface area contributed by atoms with Crippen LogP contribution in [0, 0.1) is 0 Å². The van der Waals surface area contributed by atoms with Gasteiger partial charge in [0.1, 0.15) is 0 Å². The second-order valence-electron chi connectivity index (χ2n) is 19.3. The number of carbonyl (C=O) groups is 2. The minimum atomic E-state index is -0.849. The van der Waals surface area contributed by atoms with Crippen molar-refractivity contribution in [1.82, 2.24) is 5.32 Å². The fourth-order valence-corrected chi connectivity index (χ4v) is 8.57. The zero-order valence-corrected chi connectivity index (χ0v) is 42.8. The summed E-state index contributed by atoms with van der Waals surface area (Å²) in [6.45, 7) is 4.85. The Morgan fingerprint density at radius 2 is 0.766 bits per heavy atom. The Bertz CT molecular complexity index is 1040. The second kappa shape index (κ2) is 53.7. The van der Waals surface area contributed by atoms with Crippen LogP contribution in [0.1, 0.15) is 296 Å². The molecule has 0 aromatic rings. The standard InChI is InChI=1S/C58H109NO5/c1-3-5-7-9-11-13-15-16-17-18-23-26-29-32-36-40-44-48-52-58(63)64-53-49-45-41-37-33-30-27-24-21-19-20-22-25-28-31-35-39-43-47-51-57(62)59-55(54-60)56(61)50-46-42-38-34-14-12-10-8-6-4-2/h24,27,30,33,46,50,55-56,60-61H,3-23,25-26,28-29,31-32,34-45,47-49,51-54H2,1-2H3,(H,59,62)/b27-24-,33-30-,50-46+. The van der Waals surface area contributed by atoms with Crippen molar-refractivity contribution in [2.45, 2.75) is 309 Å². The van der Waals surface area contributed by atoms with Gasteiger partial charge in [-0.1, -0.05) is 256 Å². The number of amides is 1. The quantitative estimate of drug-likeness (QED) is 0.0245. The average molecular weight is 901 g/mol. The summed E-state index contributed by atoms with van der Waals surface area (Å²) >= 11 is 0. The zero-order chi connectivity index (χ0) is 46.5. The Balaban J connectivity index is 3.46. The molecule has 0 saturated heterocycles. The summed E-state index contributed by atoms with van der Waals surface area (Å²) in [6.07, 6.45) is 66.0. The van der Waals surface area contributed by atoms with Crippen molar-refractivity contribution in [2.75, 3.05) is 13.2 Å². The van der Waals surface area contributed by atoms with Gasteiger partial charge in [0.15, 0.2) is 0 Å². The van der Waals surface area contributed by atoms with E-state index >= 15 is 0 Å². The van der Waals surface area contributed by atoms with Gasteiger partial charge >= 0.3 is 5.97 Å². The number of rotatable bonds is 52. The van der Waals surface area contributed by atoms with E-state index in [0.717, 1.165) is 77.0 Å². The Kier molecular flexibility index (Phi) is 52.1. The lowest BCUT2D eigenvalue weighted by molar-refractivity contribution is -0.143. The van der Waals surface area contributed by atoms with Crippen molar-refractivity contribution < 1.29 is 24.5 Å². The SMILES string of the molecule is CCCCCCCCCC/C=C/C(O)C(CO)NC(=O)CCCCCCCCCCCC/C=C\C=C/CCCCCOC(=O)CCCCCCCCCCCCCCCCCCCC. The number of aliphatic hydroxyl groups excluding tert-OH is 2. The van der Waals surface area contributed by atoms with Gasteiger partial charge in [0, 0.05) is 12.8 Å². The number of hydrogen-bond donors (Lipinski definition) is 3. The van der Waals surface area contributed by atoms with Crippen molar-refractivity contribution in [3.8, 4) is 0 Å². The highest BCUT2D eigenvalue weighted by molar-refractivity contribution is 5.76. The first kappa shape index (κ1) is 62.1. The Morgan fingerprint density at radius 1 is 0.438 bits per heavy atom. The predicted octanol–water partition coefficient (Wildman–Crippen LogP) is 17.2. The summed E-state index contributed by atoms with van der Waals surface area (Å²) in [6, 6.07) is -0.634. The number of unbranched alkanes of at least 4 members (excludes halogenated alkanes) is 38. The topological polar surface area (TPSA) is 95.9 Å². The number of carbonyl (C=O) groups excluding carboxylic acids is 2. The molecule has 2 unspecified atom stereocenters. The van der Waals surface area contributed by atoms with Gasteiger partial charge in [0.2, 0.25) is 5.91 Å². The summed E-state index contributed by atoms with van der Waals surface area (Å²) in [4.78, 5) is 24.4. The molecule has 6 heteroatoms. The van der Waals surface area contributed by atoms with Gasteiger partial charge < -0.3 is 20.3 Å². The molecule has 0 aliphatic heterocycles. The Morgan fingerprint density at radius 3 is 1.16 bits per heavy atom. The summed E-state index contributed by atoms with van der Waals surface area (Å²) in [5, 5.41) is 22.9. The van der Waals surface area contributed by atoms with Crippen LogP contribution in [0.3, 0.4) is 0 Å². The van der Waals surface area contributed by atoms with E-state index < -0.39 is 12.1 Å². The van der Waals surface area contributed by atoms with E-state index in [1.54, 1.807) is 6.08 Å². The average Bonchev–Trinajstić information content (AvgIpc) is 3.29. The molecule has 0 spiro atoms. The van der Waals surface area contributed by atoms with Crippen LogP contribution < -0.4 is 5.32 Å². The first-order valence-electron chi connectivity index (χ1n) is 28.3. The number of esters is 1. The number of aliphatic hydroxyl groups is 2. The molecule has 64 heavy (non-hydrogen) atoms. The lowest BCUT2D eigenvalue weighted by atomic mass is 10.0. The van der Waals surface area contributed by atoms with Gasteiger partial charge in [-0.05, 0) is 64.2 Å². The predicted molar refractivity (Wildman–Crippen MR) is 278 cm³/mol. The van der Waals surface area contributed by atoms with Crippen LogP contribution in [0.4, 0.5) is 0 Å². The number of allylic oxidation sites excluding steroid dienone is 5. The highest BCUT2D eigenvalue weighted by Crippen LogP contribution is 2.16. The van der Waals surface area contributed by atoms with Gasteiger partial charge in [-0.25, -0.2) is 0 Å². The molecule has 3 N–H and O–H groups in total. The molecule has 0 rings (SSSR count). The number of nitrogens with one attached hydrogen (secondary N) is 1. The Labute approximate surface area is 398 Å². The summed E-state index contributed by atoms with van der Waals surface area (Å²) in [5.74, 6) is -0.0903. The maximum atomic E-state index is 12.4. The molecule has 0 aliphatic carbocycles. The fourth-order valence-electron chi connectivity index (χ4n) is 8.57. The van der Waals surface area contributed by atoms with Crippen LogP contribution in [0.25, 0.3) is 0 Å². The van der Waals surface area contributed by atoms with Crippen LogP contribution in [0.15, 0.2) is 36.5 Å². The van der Waals surface area contributed by atoms with E-state index in [-0.39, 0.29) is 18.5 Å². The molecular formula is C58H109NO5. The molecule has 6 nitrogen and oxygen atoms in total. The molecule has 0 aromatic carbocycles. The van der Waals surface area contributed by atoms with E-state index in [9.17, 15) is 19.8 Å². The first-order chi connectivity index (χ1) is 31.5. The molecule has 0 heterocycles. The molecular weight excluding hydrogens is 791 g/mol. The van der Waals surface area contributed by atoms with Gasteiger partial charge in [0.25, 0.3) is 0 Å². The van der Waals surface area contributed by atoms with Crippen LogP contribution in [0.2, 0.25) is 0 Å². The minimum Gasteiger partial charge on any atom is -0.466 e. The van der Waals surface area contributed by atoms with E-state index in [1.807, 2.05) is 6.08 Å². The molecule has 2 atom stereocenters. The van der Waals surface area contributed by atoms with Crippen molar-refractivity contribution in [3.05, 3.63) is 36.5 Å². The maximum Gasteiger partial charge on any atom is 0.305 e. The third-order valence-electron chi connectivity index (χ3n) is 12.9. The largest absolute Gasteiger partial charge is 0.466 e. The van der Waals surface area contributed by atoms with Crippen molar-refractivity contribution in [3.63, 3.8) is 0 Å². The second-order valence-corrected chi connectivity index (χ2v) is 19.3. The first-order valence-corrected chi connectivity index (χ1v) is 28.3. The smallest absolute Gasteiger partial charge is 0.305 e. The van der Waals surface area contributed by atoms with Crippen molar-refractivity contribution >= 4 is 11.9 Å². The van der Waals surface area contributed by atoms with E-state index in [0.29, 0.717) is 19.4 Å². The van der Waals surface area contributed by atoms with Crippen molar-refractivity contribution in [2.24, 2.45) is 0 Å². The molecule has 0 radical (unpaired) electrons. The molecule has 0 bridgehead atoms. The summed E-state index contributed by atoms with van der Waals surface area (Å²) in [5.41, 5.74) is 0. The van der Waals surface area contributed by atoms with Gasteiger partial charge in [0.05, 0.1) is 25.4 Å². The van der Waals surface area contributed by atoms with Gasteiger partial charge in [-0.15, -0.1) is 0 Å². The molecule has 0 aliphatic rings. The molecule has 1 amide bonds. The van der Waals surface area contributed by atoms with Crippen LogP contribution in [-0.2, 0) is 14.3 Å². The third kappa shape index (κ3) is 49.5. The maximum absolute atomic E-state index is 12.4. The molecule has 0 saturated carbocycles. The fraction of sp³-hybridized carbons (Fsp3) is 0.862. The van der Waals surface area contributed by atoms with Gasteiger partial charge in [-0.3, -0.25) is 9.59 Å². The van der Waals surface area contributed by atoms with Crippen LogP contribution in [-0.4, -0.2) is 47.4 Å². The van der Waals surface area contributed by atoms with E-state index in [2.05, 4.69) is 43.5 Å². The van der Waals surface area contributed by atoms with Crippen LogP contribution in [0.5, 0.6) is 0 Å². The molecule has 376 valence electrons. The summed E-state index contributed by atoms with van der Waals surface area (Å²) in [7, 11) is 0.